The Bertz CT molecular complexity index is 656. The van der Waals surface area contributed by atoms with Crippen molar-refractivity contribution in [2.24, 2.45) is 0 Å². The average Bonchev–Trinajstić information content (AvgIpc) is 3.04. The van der Waals surface area contributed by atoms with Gasteiger partial charge in [0.15, 0.2) is 11.5 Å². The molecule has 1 heterocycles. The van der Waals surface area contributed by atoms with Crippen LogP contribution < -0.4 is 20.3 Å². The highest BCUT2D eigenvalue weighted by Gasteiger charge is 2.12. The molecule has 7 heteroatoms. The summed E-state index contributed by atoms with van der Waals surface area (Å²) < 4.78 is 10.2. The monoisotopic (exact) mass is 320 g/mol. The molecule has 0 radical (unpaired) electrons. The van der Waals surface area contributed by atoms with E-state index in [1.165, 1.54) is 25.6 Å². The predicted molar refractivity (Wildman–Crippen MR) is 83.2 cm³/mol. The van der Waals surface area contributed by atoms with Gasteiger partial charge in [-0.1, -0.05) is 6.07 Å². The first-order valence-electron chi connectivity index (χ1n) is 6.47. The van der Waals surface area contributed by atoms with Crippen LogP contribution in [0.3, 0.4) is 0 Å². The number of hydrogen-bond acceptors (Lipinski definition) is 5. The number of carbonyl (C=O) groups is 2. The Morgan fingerprint density at radius 3 is 2.50 bits per heavy atom. The first kappa shape index (κ1) is 15.8. The van der Waals surface area contributed by atoms with Gasteiger partial charge in [-0.05, 0) is 29.6 Å². The van der Waals surface area contributed by atoms with Crippen molar-refractivity contribution in [1.82, 2.24) is 10.9 Å². The fourth-order valence-electron chi connectivity index (χ4n) is 1.79. The van der Waals surface area contributed by atoms with Crippen LogP contribution in [0.15, 0.2) is 35.7 Å². The zero-order valence-corrected chi connectivity index (χ0v) is 13.0. The van der Waals surface area contributed by atoms with Crippen molar-refractivity contribution < 1.29 is 19.1 Å². The van der Waals surface area contributed by atoms with Gasteiger partial charge in [-0.2, -0.15) is 0 Å². The van der Waals surface area contributed by atoms with Crippen LogP contribution in [0.2, 0.25) is 0 Å². The van der Waals surface area contributed by atoms with Gasteiger partial charge in [0.05, 0.1) is 20.6 Å². The lowest BCUT2D eigenvalue weighted by molar-refractivity contribution is -0.121. The number of hydrazine groups is 1. The summed E-state index contributed by atoms with van der Waals surface area (Å²) in [6, 6.07) is 8.48. The molecule has 0 aliphatic heterocycles. The maximum Gasteiger partial charge on any atom is 0.269 e. The highest BCUT2D eigenvalue weighted by molar-refractivity contribution is 7.10. The number of nitrogens with one attached hydrogen (secondary N) is 2. The minimum Gasteiger partial charge on any atom is -0.493 e. The number of benzene rings is 1. The summed E-state index contributed by atoms with van der Waals surface area (Å²) in [4.78, 5) is 24.6. The topological polar surface area (TPSA) is 76.7 Å². The van der Waals surface area contributed by atoms with E-state index in [0.29, 0.717) is 17.1 Å². The molecule has 0 saturated heterocycles. The first-order valence-corrected chi connectivity index (χ1v) is 7.35. The van der Waals surface area contributed by atoms with Gasteiger partial charge in [-0.15, -0.1) is 11.3 Å². The number of amides is 2. The highest BCUT2D eigenvalue weighted by Crippen LogP contribution is 2.27. The Hall–Kier alpha value is -2.54. The molecule has 116 valence electrons. The van der Waals surface area contributed by atoms with Gasteiger partial charge in [0, 0.05) is 10.4 Å². The summed E-state index contributed by atoms with van der Waals surface area (Å²) in [5.74, 6) is 0.262. The van der Waals surface area contributed by atoms with E-state index in [2.05, 4.69) is 10.9 Å². The van der Waals surface area contributed by atoms with E-state index < -0.39 is 5.91 Å². The Labute approximate surface area is 132 Å². The van der Waals surface area contributed by atoms with Gasteiger partial charge in [0.1, 0.15) is 0 Å². The summed E-state index contributed by atoms with van der Waals surface area (Å²) in [7, 11) is 3.00. The van der Waals surface area contributed by atoms with E-state index in [9.17, 15) is 9.59 Å². The molecule has 0 unspecified atom stereocenters. The molecule has 0 saturated carbocycles. The molecular weight excluding hydrogens is 304 g/mol. The molecular formula is C15H16N2O4S. The highest BCUT2D eigenvalue weighted by atomic mass is 32.1. The Balaban J connectivity index is 1.93. The molecule has 0 bridgehead atoms. The van der Waals surface area contributed by atoms with Gasteiger partial charge in [0.25, 0.3) is 5.91 Å². The van der Waals surface area contributed by atoms with Crippen molar-refractivity contribution in [3.8, 4) is 11.5 Å². The van der Waals surface area contributed by atoms with Gasteiger partial charge >= 0.3 is 0 Å². The molecule has 6 nitrogen and oxygen atoms in total. The Kier molecular flexibility index (Phi) is 5.37. The number of hydrogen-bond donors (Lipinski definition) is 2. The molecule has 2 N–H and O–H groups in total. The quantitative estimate of drug-likeness (QED) is 0.823. The lowest BCUT2D eigenvalue weighted by atomic mass is 10.2. The van der Waals surface area contributed by atoms with Gasteiger partial charge < -0.3 is 9.47 Å². The first-order chi connectivity index (χ1) is 10.6. The summed E-state index contributed by atoms with van der Waals surface area (Å²) in [5, 5.41) is 1.89. The molecule has 0 spiro atoms. The van der Waals surface area contributed by atoms with Crippen molar-refractivity contribution in [3.63, 3.8) is 0 Å². The van der Waals surface area contributed by atoms with Crippen molar-refractivity contribution in [3.05, 3.63) is 46.2 Å². The van der Waals surface area contributed by atoms with E-state index >= 15 is 0 Å². The largest absolute Gasteiger partial charge is 0.493 e. The van der Waals surface area contributed by atoms with Crippen LogP contribution in [0.1, 0.15) is 15.2 Å². The van der Waals surface area contributed by atoms with Gasteiger partial charge in [0.2, 0.25) is 5.91 Å². The van der Waals surface area contributed by atoms with E-state index in [0.717, 1.165) is 4.88 Å². The average molecular weight is 320 g/mol. The van der Waals surface area contributed by atoms with E-state index in [1.807, 2.05) is 17.5 Å². The molecule has 0 aliphatic rings. The zero-order chi connectivity index (χ0) is 15.9. The molecule has 2 aromatic rings. The lowest BCUT2D eigenvalue weighted by Crippen LogP contribution is -2.42. The predicted octanol–water partition coefficient (Wildman–Crippen LogP) is 1.77. The van der Waals surface area contributed by atoms with Crippen LogP contribution in [0.25, 0.3) is 0 Å². The maximum absolute atomic E-state index is 12.0. The van der Waals surface area contributed by atoms with Gasteiger partial charge in [-0.25, -0.2) is 0 Å². The minimum absolute atomic E-state index is 0.226. The third-order valence-corrected chi connectivity index (χ3v) is 3.75. The van der Waals surface area contributed by atoms with Crippen molar-refractivity contribution in [2.45, 2.75) is 6.42 Å². The zero-order valence-electron chi connectivity index (χ0n) is 12.2. The molecule has 1 aromatic carbocycles. The molecule has 2 rings (SSSR count). The van der Waals surface area contributed by atoms with E-state index in [4.69, 9.17) is 9.47 Å². The van der Waals surface area contributed by atoms with Crippen molar-refractivity contribution in [1.29, 1.82) is 0 Å². The van der Waals surface area contributed by atoms with E-state index in [-0.39, 0.29) is 12.3 Å². The SMILES string of the molecule is COc1ccc(C(=O)NNC(=O)Cc2cccs2)cc1OC. The fourth-order valence-corrected chi connectivity index (χ4v) is 2.50. The third-order valence-electron chi connectivity index (χ3n) is 2.88. The summed E-state index contributed by atoms with van der Waals surface area (Å²) in [6.07, 6.45) is 0.226. The number of thiophene rings is 1. The van der Waals surface area contributed by atoms with Crippen LogP contribution in [0, 0.1) is 0 Å². The molecule has 22 heavy (non-hydrogen) atoms. The number of rotatable bonds is 5. The van der Waals surface area contributed by atoms with Crippen LogP contribution in [-0.4, -0.2) is 26.0 Å². The molecule has 0 fully saturated rings. The van der Waals surface area contributed by atoms with Crippen LogP contribution in [-0.2, 0) is 11.2 Å². The lowest BCUT2D eigenvalue weighted by Gasteiger charge is -2.10. The Morgan fingerprint density at radius 1 is 1.09 bits per heavy atom. The van der Waals surface area contributed by atoms with Crippen LogP contribution in [0.5, 0.6) is 11.5 Å². The molecule has 1 aromatic heterocycles. The van der Waals surface area contributed by atoms with Crippen LogP contribution in [0.4, 0.5) is 0 Å². The number of ether oxygens (including phenoxy) is 2. The third kappa shape index (κ3) is 3.98. The van der Waals surface area contributed by atoms with Crippen molar-refractivity contribution in [2.75, 3.05) is 14.2 Å². The van der Waals surface area contributed by atoms with Crippen LogP contribution >= 0.6 is 11.3 Å². The molecule has 2 amide bonds. The van der Waals surface area contributed by atoms with Gasteiger partial charge in [-0.3, -0.25) is 20.4 Å². The minimum atomic E-state index is -0.430. The smallest absolute Gasteiger partial charge is 0.269 e. The second-order valence-electron chi connectivity index (χ2n) is 4.33. The standard InChI is InChI=1S/C15H16N2O4S/c1-20-12-6-5-10(8-13(12)21-2)15(19)17-16-14(18)9-11-4-3-7-22-11/h3-8H,9H2,1-2H3,(H,16,18)(H,17,19). The van der Waals surface area contributed by atoms with E-state index in [1.54, 1.807) is 18.2 Å². The second-order valence-corrected chi connectivity index (χ2v) is 5.36. The summed E-state index contributed by atoms with van der Waals surface area (Å²) in [6.45, 7) is 0. The van der Waals surface area contributed by atoms with Crippen molar-refractivity contribution >= 4 is 23.2 Å². The Morgan fingerprint density at radius 2 is 1.86 bits per heavy atom. The summed E-state index contributed by atoms with van der Waals surface area (Å²) >= 11 is 1.49. The summed E-state index contributed by atoms with van der Waals surface area (Å²) in [5.41, 5.74) is 5.11. The fraction of sp³-hybridized carbons (Fsp3) is 0.200. The molecule has 0 aliphatic carbocycles. The maximum atomic E-state index is 12.0. The normalized spacial score (nSPS) is 9.91. The number of carbonyl (C=O) groups excluding carboxylic acids is 2. The second kappa shape index (κ2) is 7.46. The molecule has 0 atom stereocenters. The number of methoxy groups -OCH3 is 2.